The molecule has 0 saturated carbocycles. The van der Waals surface area contributed by atoms with Crippen molar-refractivity contribution in [3.63, 3.8) is 0 Å². The predicted octanol–water partition coefficient (Wildman–Crippen LogP) is 6.62. The number of hydrogen-bond acceptors (Lipinski definition) is 5. The number of nitrogens with one attached hydrogen (secondary N) is 2. The van der Waals surface area contributed by atoms with Crippen molar-refractivity contribution in [2.24, 2.45) is 5.10 Å². The maximum Gasteiger partial charge on any atom is 0.345 e. The Hall–Kier alpha value is -4.95. The number of halogens is 2. The summed E-state index contributed by atoms with van der Waals surface area (Å²) in [5, 5.41) is 4.93. The van der Waals surface area contributed by atoms with Gasteiger partial charge in [-0.3, -0.25) is 4.79 Å². The number of hydrazone groups is 1. The summed E-state index contributed by atoms with van der Waals surface area (Å²) in [6, 6.07) is 24.9. The summed E-state index contributed by atoms with van der Waals surface area (Å²) in [4.78, 5) is 28.7. The lowest BCUT2D eigenvalue weighted by atomic mass is 10.0. The van der Waals surface area contributed by atoms with Crippen LogP contribution in [0, 0.1) is 5.82 Å². The zero-order valence-corrected chi connectivity index (χ0v) is 21.3. The minimum atomic E-state index is -0.625. The molecule has 0 bridgehead atoms. The first-order valence-electron chi connectivity index (χ1n) is 11.8. The van der Waals surface area contributed by atoms with E-state index in [0.29, 0.717) is 22.0 Å². The van der Waals surface area contributed by atoms with Gasteiger partial charge in [-0.05, 0) is 59.7 Å². The molecule has 0 aliphatic carbocycles. The van der Waals surface area contributed by atoms with Crippen molar-refractivity contribution in [3.05, 3.63) is 119 Å². The quantitative estimate of drug-likeness (QED) is 0.105. The van der Waals surface area contributed by atoms with Gasteiger partial charge in [0.1, 0.15) is 11.5 Å². The molecule has 1 amide bonds. The van der Waals surface area contributed by atoms with Gasteiger partial charge in [0.2, 0.25) is 0 Å². The SMILES string of the molecule is COc1cc(C=NNC(=O)c2[nH]c3ccc(F)cc3c2-c2ccccc2)ccc1OC(=O)c1ccccc1Cl. The first-order chi connectivity index (χ1) is 18.9. The van der Waals surface area contributed by atoms with Crippen LogP contribution in [0.3, 0.4) is 0 Å². The summed E-state index contributed by atoms with van der Waals surface area (Å²) < 4.78 is 24.8. The first-order valence-corrected chi connectivity index (χ1v) is 12.2. The number of carbonyl (C=O) groups is 2. The van der Waals surface area contributed by atoms with Crippen molar-refractivity contribution in [1.29, 1.82) is 0 Å². The van der Waals surface area contributed by atoms with Gasteiger partial charge >= 0.3 is 5.97 Å². The van der Waals surface area contributed by atoms with Gasteiger partial charge in [-0.2, -0.15) is 5.10 Å². The topological polar surface area (TPSA) is 92.8 Å². The Morgan fingerprint density at radius 3 is 2.49 bits per heavy atom. The Kier molecular flexibility index (Phi) is 7.38. The van der Waals surface area contributed by atoms with Crippen LogP contribution in [0.5, 0.6) is 11.5 Å². The van der Waals surface area contributed by atoms with Gasteiger partial charge in [-0.1, -0.05) is 54.1 Å². The summed E-state index contributed by atoms with van der Waals surface area (Å²) >= 11 is 6.08. The van der Waals surface area contributed by atoms with Crippen LogP contribution in [0.4, 0.5) is 4.39 Å². The smallest absolute Gasteiger partial charge is 0.345 e. The monoisotopic (exact) mass is 541 g/mol. The highest BCUT2D eigenvalue weighted by Gasteiger charge is 2.20. The van der Waals surface area contributed by atoms with Gasteiger partial charge < -0.3 is 14.5 Å². The van der Waals surface area contributed by atoms with Crippen LogP contribution in [-0.2, 0) is 0 Å². The number of fused-ring (bicyclic) bond motifs is 1. The van der Waals surface area contributed by atoms with Crippen molar-refractivity contribution >= 4 is 40.6 Å². The molecule has 2 N–H and O–H groups in total. The van der Waals surface area contributed by atoms with Crippen molar-refractivity contribution in [1.82, 2.24) is 10.4 Å². The van der Waals surface area contributed by atoms with Crippen molar-refractivity contribution < 1.29 is 23.5 Å². The van der Waals surface area contributed by atoms with E-state index in [-0.39, 0.29) is 27.8 Å². The zero-order valence-electron chi connectivity index (χ0n) is 20.6. The van der Waals surface area contributed by atoms with E-state index >= 15 is 0 Å². The molecule has 5 rings (SSSR count). The minimum absolute atomic E-state index is 0.196. The molecule has 0 aliphatic heterocycles. The van der Waals surface area contributed by atoms with Crippen LogP contribution in [0.15, 0.2) is 96.1 Å². The van der Waals surface area contributed by atoms with Crippen LogP contribution in [0.2, 0.25) is 5.02 Å². The molecule has 39 heavy (non-hydrogen) atoms. The Balaban J connectivity index is 1.35. The fourth-order valence-electron chi connectivity index (χ4n) is 4.09. The van der Waals surface area contributed by atoms with Crippen molar-refractivity contribution in [2.45, 2.75) is 0 Å². The number of nitrogens with zero attached hydrogens (tertiary/aromatic N) is 1. The second-order valence-corrected chi connectivity index (χ2v) is 8.82. The number of esters is 1. The number of aromatic amines is 1. The lowest BCUT2D eigenvalue weighted by Crippen LogP contribution is -2.18. The Labute approximate surface area is 227 Å². The number of H-pyrrole nitrogens is 1. The molecule has 0 saturated heterocycles. The molecule has 0 aliphatic rings. The van der Waals surface area contributed by atoms with Gasteiger partial charge in [0.25, 0.3) is 5.91 Å². The third kappa shape index (κ3) is 5.51. The molecule has 194 valence electrons. The molecule has 0 radical (unpaired) electrons. The summed E-state index contributed by atoms with van der Waals surface area (Å²) in [7, 11) is 1.44. The highest BCUT2D eigenvalue weighted by atomic mass is 35.5. The molecule has 0 spiro atoms. The average molecular weight is 542 g/mol. The standard InChI is InChI=1S/C30H21ClFN3O4/c1-38-26-15-18(11-14-25(26)39-30(37)21-9-5-6-10-23(21)31)17-33-35-29(36)28-27(19-7-3-2-4-8-19)22-16-20(32)12-13-24(22)34-28/h2-17,34H,1H3,(H,35,36). The van der Waals surface area contributed by atoms with Crippen molar-refractivity contribution in [2.75, 3.05) is 7.11 Å². The second-order valence-electron chi connectivity index (χ2n) is 8.41. The zero-order chi connectivity index (χ0) is 27.4. The Bertz CT molecular complexity index is 1720. The fourth-order valence-corrected chi connectivity index (χ4v) is 4.30. The van der Waals surface area contributed by atoms with Gasteiger partial charge in [-0.15, -0.1) is 0 Å². The fraction of sp³-hybridized carbons (Fsp3) is 0.0333. The van der Waals surface area contributed by atoms with E-state index in [9.17, 15) is 14.0 Å². The summed E-state index contributed by atoms with van der Waals surface area (Å²) in [6.07, 6.45) is 1.42. The van der Waals surface area contributed by atoms with Crippen LogP contribution in [-0.4, -0.2) is 30.2 Å². The molecular weight excluding hydrogens is 521 g/mol. The van der Waals surface area contributed by atoms with Gasteiger partial charge in [0.05, 0.1) is 23.9 Å². The number of ether oxygens (including phenoxy) is 2. The third-order valence-corrected chi connectivity index (χ3v) is 6.24. The highest BCUT2D eigenvalue weighted by molar-refractivity contribution is 6.33. The summed E-state index contributed by atoms with van der Waals surface area (Å²) in [5.41, 5.74) is 5.51. The maximum atomic E-state index is 14.0. The van der Waals surface area contributed by atoms with E-state index < -0.39 is 17.7 Å². The van der Waals surface area contributed by atoms with Gasteiger partial charge in [-0.25, -0.2) is 14.6 Å². The summed E-state index contributed by atoms with van der Waals surface area (Å²) in [5.74, 6) is -1.05. The predicted molar refractivity (Wildman–Crippen MR) is 148 cm³/mol. The molecule has 5 aromatic rings. The van der Waals surface area contributed by atoms with E-state index in [1.165, 1.54) is 25.5 Å². The molecule has 0 fully saturated rings. The molecular formula is C30H21ClFN3O4. The summed E-state index contributed by atoms with van der Waals surface area (Å²) in [6.45, 7) is 0. The van der Waals surface area contributed by atoms with Gasteiger partial charge in [0.15, 0.2) is 11.5 Å². The Morgan fingerprint density at radius 1 is 0.949 bits per heavy atom. The first kappa shape index (κ1) is 25.7. The van der Waals surface area contributed by atoms with Gasteiger partial charge in [0, 0.05) is 16.5 Å². The van der Waals surface area contributed by atoms with E-state index in [2.05, 4.69) is 15.5 Å². The highest BCUT2D eigenvalue weighted by Crippen LogP contribution is 2.33. The van der Waals surface area contributed by atoms with E-state index in [4.69, 9.17) is 21.1 Å². The van der Waals surface area contributed by atoms with E-state index in [1.54, 1.807) is 48.5 Å². The molecule has 9 heteroatoms. The number of benzene rings is 4. The minimum Gasteiger partial charge on any atom is -0.493 e. The molecule has 4 aromatic carbocycles. The molecule has 0 atom stereocenters. The number of aromatic nitrogens is 1. The lowest BCUT2D eigenvalue weighted by Gasteiger charge is -2.10. The normalized spacial score (nSPS) is 11.1. The maximum absolute atomic E-state index is 14.0. The number of amides is 1. The number of carbonyl (C=O) groups excluding carboxylic acids is 2. The number of hydrogen-bond donors (Lipinski definition) is 2. The molecule has 1 heterocycles. The lowest BCUT2D eigenvalue weighted by molar-refractivity contribution is 0.0729. The van der Waals surface area contributed by atoms with Crippen LogP contribution >= 0.6 is 11.6 Å². The second kappa shape index (κ2) is 11.2. The third-order valence-electron chi connectivity index (χ3n) is 5.91. The Morgan fingerprint density at radius 2 is 1.72 bits per heavy atom. The average Bonchev–Trinajstić information content (AvgIpc) is 3.33. The number of rotatable bonds is 7. The van der Waals surface area contributed by atoms with E-state index in [1.807, 2.05) is 30.3 Å². The largest absolute Gasteiger partial charge is 0.493 e. The molecule has 7 nitrogen and oxygen atoms in total. The van der Waals surface area contributed by atoms with Crippen LogP contribution < -0.4 is 14.9 Å². The number of methoxy groups -OCH3 is 1. The molecule has 1 aromatic heterocycles. The van der Waals surface area contributed by atoms with E-state index in [0.717, 1.165) is 5.56 Å². The van der Waals surface area contributed by atoms with Crippen molar-refractivity contribution in [3.8, 4) is 22.6 Å². The molecule has 0 unspecified atom stereocenters. The van der Waals surface area contributed by atoms with Crippen LogP contribution in [0.1, 0.15) is 26.4 Å². The van der Waals surface area contributed by atoms with Crippen LogP contribution in [0.25, 0.3) is 22.0 Å².